The van der Waals surface area contributed by atoms with Gasteiger partial charge in [-0.15, -0.1) is 0 Å². The van der Waals surface area contributed by atoms with Gasteiger partial charge >= 0.3 is 0 Å². The third kappa shape index (κ3) is 2.29. The molecule has 2 nitrogen and oxygen atoms in total. The van der Waals surface area contributed by atoms with Crippen LogP contribution in [0.15, 0.2) is 18.2 Å². The number of benzene rings is 1. The lowest BCUT2D eigenvalue weighted by molar-refractivity contribution is 0.0229. The quantitative estimate of drug-likeness (QED) is 0.872. The maximum absolute atomic E-state index is 13.2. The summed E-state index contributed by atoms with van der Waals surface area (Å²) in [5.74, 6) is 0.503. The van der Waals surface area contributed by atoms with Gasteiger partial charge < -0.3 is 10.5 Å². The molecule has 0 aromatic heterocycles. The molecule has 0 bridgehead atoms. The van der Waals surface area contributed by atoms with Crippen molar-refractivity contribution in [1.29, 1.82) is 0 Å². The molecule has 3 heteroatoms. The minimum atomic E-state index is -0.248. The molecule has 1 heterocycles. The number of fused-ring (bicyclic) bond motifs is 1. The largest absolute Gasteiger partial charge is 0.487 e. The van der Waals surface area contributed by atoms with E-state index in [2.05, 4.69) is 13.8 Å². The Kier molecular flexibility index (Phi) is 3.38. The van der Waals surface area contributed by atoms with E-state index >= 15 is 0 Å². The van der Waals surface area contributed by atoms with Crippen LogP contribution in [0.1, 0.15) is 51.1 Å². The van der Waals surface area contributed by atoms with Gasteiger partial charge in [0.25, 0.3) is 0 Å². The Labute approximate surface area is 102 Å². The fourth-order valence-corrected chi connectivity index (χ4v) is 2.69. The highest BCUT2D eigenvalue weighted by Crippen LogP contribution is 2.42. The first-order valence-electron chi connectivity index (χ1n) is 6.34. The average Bonchev–Trinajstić information content (AvgIpc) is 2.31. The standard InChI is InChI=1S/C14H20FNO/c1-3-7-14(4-2)9-12(16)11-8-10(15)5-6-13(11)17-14/h5-6,8,12H,3-4,7,9,16H2,1-2H3/t12-,14?/m1/s1. The molecule has 94 valence electrons. The number of rotatable bonds is 3. The molecule has 0 aliphatic carbocycles. The van der Waals surface area contributed by atoms with Crippen LogP contribution in [0.5, 0.6) is 5.75 Å². The van der Waals surface area contributed by atoms with Crippen LogP contribution in [0.4, 0.5) is 4.39 Å². The van der Waals surface area contributed by atoms with Gasteiger partial charge in [-0.25, -0.2) is 4.39 Å². The van der Waals surface area contributed by atoms with Crippen LogP contribution in [0.2, 0.25) is 0 Å². The lowest BCUT2D eigenvalue weighted by atomic mass is 9.83. The van der Waals surface area contributed by atoms with E-state index in [0.29, 0.717) is 0 Å². The summed E-state index contributed by atoms with van der Waals surface area (Å²) < 4.78 is 19.3. The zero-order valence-electron chi connectivity index (χ0n) is 10.5. The third-order valence-corrected chi connectivity index (χ3v) is 3.64. The molecule has 0 spiro atoms. The number of nitrogens with two attached hydrogens (primary N) is 1. The molecule has 1 aromatic carbocycles. The normalized spacial score (nSPS) is 27.4. The van der Waals surface area contributed by atoms with Crippen molar-refractivity contribution in [3.8, 4) is 5.75 Å². The van der Waals surface area contributed by atoms with Crippen LogP contribution in [-0.4, -0.2) is 5.60 Å². The first-order chi connectivity index (χ1) is 8.10. The SMILES string of the molecule is CCCC1(CC)C[C@@H](N)c2cc(F)ccc2O1. The highest BCUT2D eigenvalue weighted by molar-refractivity contribution is 5.39. The molecule has 1 aliphatic rings. The molecule has 0 saturated heterocycles. The first-order valence-corrected chi connectivity index (χ1v) is 6.34. The summed E-state index contributed by atoms with van der Waals surface area (Å²) in [5, 5.41) is 0. The van der Waals surface area contributed by atoms with Crippen LogP contribution >= 0.6 is 0 Å². The van der Waals surface area contributed by atoms with Gasteiger partial charge in [0.2, 0.25) is 0 Å². The summed E-state index contributed by atoms with van der Waals surface area (Å²) in [7, 11) is 0. The molecule has 0 amide bonds. The zero-order valence-corrected chi connectivity index (χ0v) is 10.5. The van der Waals surface area contributed by atoms with E-state index in [1.54, 1.807) is 6.07 Å². The predicted octanol–water partition coefficient (Wildman–Crippen LogP) is 3.56. The topological polar surface area (TPSA) is 35.2 Å². The molecule has 2 N–H and O–H groups in total. The number of ether oxygens (including phenoxy) is 1. The van der Waals surface area contributed by atoms with Gasteiger partial charge in [0, 0.05) is 18.0 Å². The van der Waals surface area contributed by atoms with Crippen molar-refractivity contribution in [2.45, 2.75) is 51.2 Å². The van der Waals surface area contributed by atoms with Crippen LogP contribution in [0.3, 0.4) is 0 Å². The van der Waals surface area contributed by atoms with Crippen molar-refractivity contribution < 1.29 is 9.13 Å². The molecule has 2 atom stereocenters. The molecule has 1 unspecified atom stereocenters. The second-order valence-corrected chi connectivity index (χ2v) is 4.88. The summed E-state index contributed by atoms with van der Waals surface area (Å²) in [4.78, 5) is 0. The lowest BCUT2D eigenvalue weighted by Crippen LogP contribution is -2.42. The molecular weight excluding hydrogens is 217 g/mol. The Bertz CT molecular complexity index is 407. The summed E-state index contributed by atoms with van der Waals surface area (Å²) in [6.07, 6.45) is 3.77. The van der Waals surface area contributed by atoms with Gasteiger partial charge in [-0.05, 0) is 31.0 Å². The summed E-state index contributed by atoms with van der Waals surface area (Å²) >= 11 is 0. The Morgan fingerprint density at radius 3 is 2.88 bits per heavy atom. The van der Waals surface area contributed by atoms with Crippen LogP contribution in [-0.2, 0) is 0 Å². The van der Waals surface area contributed by atoms with Crippen LogP contribution in [0.25, 0.3) is 0 Å². The second-order valence-electron chi connectivity index (χ2n) is 4.88. The van der Waals surface area contributed by atoms with Crippen LogP contribution in [0, 0.1) is 5.82 Å². The van der Waals surface area contributed by atoms with E-state index in [9.17, 15) is 4.39 Å². The molecule has 1 aromatic rings. The van der Waals surface area contributed by atoms with Gasteiger partial charge in [-0.2, -0.15) is 0 Å². The van der Waals surface area contributed by atoms with Crippen LogP contribution < -0.4 is 10.5 Å². The summed E-state index contributed by atoms with van der Waals surface area (Å²) in [5.41, 5.74) is 6.78. The molecule has 2 rings (SSSR count). The fraction of sp³-hybridized carbons (Fsp3) is 0.571. The van der Waals surface area contributed by atoms with Crippen molar-refractivity contribution in [3.63, 3.8) is 0 Å². The number of hydrogen-bond acceptors (Lipinski definition) is 2. The smallest absolute Gasteiger partial charge is 0.125 e. The van der Waals surface area contributed by atoms with Crippen molar-refractivity contribution in [2.75, 3.05) is 0 Å². The van der Waals surface area contributed by atoms with E-state index < -0.39 is 0 Å². The monoisotopic (exact) mass is 237 g/mol. The van der Waals surface area contributed by atoms with Gasteiger partial charge in [-0.3, -0.25) is 0 Å². The molecular formula is C14H20FNO. The van der Waals surface area contributed by atoms with Crippen molar-refractivity contribution in [1.82, 2.24) is 0 Å². The Morgan fingerprint density at radius 1 is 1.47 bits per heavy atom. The molecule has 0 radical (unpaired) electrons. The van der Waals surface area contributed by atoms with E-state index in [4.69, 9.17) is 10.5 Å². The van der Waals surface area contributed by atoms with Crippen molar-refractivity contribution >= 4 is 0 Å². The zero-order chi connectivity index (χ0) is 12.5. The average molecular weight is 237 g/mol. The Hall–Kier alpha value is -1.09. The molecule has 0 fully saturated rings. The van der Waals surface area contributed by atoms with Crippen molar-refractivity contribution in [3.05, 3.63) is 29.6 Å². The van der Waals surface area contributed by atoms with Gasteiger partial charge in [0.05, 0.1) is 0 Å². The molecule has 1 aliphatic heterocycles. The van der Waals surface area contributed by atoms with Crippen molar-refractivity contribution in [2.24, 2.45) is 5.73 Å². The fourth-order valence-electron chi connectivity index (χ4n) is 2.69. The minimum absolute atomic E-state index is 0.124. The van der Waals surface area contributed by atoms with E-state index in [-0.39, 0.29) is 17.5 Å². The molecule has 0 saturated carbocycles. The predicted molar refractivity (Wildman–Crippen MR) is 66.5 cm³/mol. The summed E-state index contributed by atoms with van der Waals surface area (Å²) in [6.45, 7) is 4.27. The van der Waals surface area contributed by atoms with Gasteiger partial charge in [0.15, 0.2) is 0 Å². The number of hydrogen-bond donors (Lipinski definition) is 1. The first kappa shape index (κ1) is 12.4. The highest BCUT2D eigenvalue weighted by Gasteiger charge is 2.37. The Balaban J connectivity index is 2.35. The highest BCUT2D eigenvalue weighted by atomic mass is 19.1. The van der Waals surface area contributed by atoms with E-state index in [1.807, 2.05) is 0 Å². The van der Waals surface area contributed by atoms with E-state index in [1.165, 1.54) is 12.1 Å². The van der Waals surface area contributed by atoms with Gasteiger partial charge in [-0.1, -0.05) is 20.3 Å². The van der Waals surface area contributed by atoms with Gasteiger partial charge in [0.1, 0.15) is 17.2 Å². The summed E-state index contributed by atoms with van der Waals surface area (Å²) in [6, 6.07) is 4.50. The lowest BCUT2D eigenvalue weighted by Gasteiger charge is -2.41. The second kappa shape index (κ2) is 4.65. The maximum atomic E-state index is 13.2. The Morgan fingerprint density at radius 2 is 2.24 bits per heavy atom. The third-order valence-electron chi connectivity index (χ3n) is 3.64. The van der Waals surface area contributed by atoms with E-state index in [0.717, 1.165) is 37.0 Å². The molecule has 17 heavy (non-hydrogen) atoms. The number of halogens is 1. The minimum Gasteiger partial charge on any atom is -0.487 e. The maximum Gasteiger partial charge on any atom is 0.125 e.